The van der Waals surface area contributed by atoms with E-state index in [0.29, 0.717) is 49.9 Å². The lowest BCUT2D eigenvalue weighted by molar-refractivity contribution is -0.133. The number of benzene rings is 1. The molecule has 0 spiro atoms. The average Bonchev–Trinajstić information content (AvgIpc) is 3.46. The lowest BCUT2D eigenvalue weighted by Crippen LogP contribution is -2.49. The minimum Gasteiger partial charge on any atom is -0.379 e. The van der Waals surface area contributed by atoms with Crippen LogP contribution in [0.4, 0.5) is 0 Å². The van der Waals surface area contributed by atoms with Crippen molar-refractivity contribution in [2.24, 2.45) is 0 Å². The number of fused-ring (bicyclic) bond motifs is 1. The Morgan fingerprint density at radius 1 is 1.13 bits per heavy atom. The Morgan fingerprint density at radius 2 is 1.87 bits per heavy atom. The van der Waals surface area contributed by atoms with Gasteiger partial charge in [-0.3, -0.25) is 4.79 Å². The van der Waals surface area contributed by atoms with Crippen LogP contribution in [0.1, 0.15) is 45.4 Å². The monoisotopic (exact) mass is 584 g/mol. The van der Waals surface area contributed by atoms with Gasteiger partial charge in [-0.1, -0.05) is 31.0 Å². The minimum absolute atomic E-state index is 0.0470. The first-order chi connectivity index (χ1) is 18.2. The number of thioether (sulfide) groups is 1. The van der Waals surface area contributed by atoms with Crippen LogP contribution in [0.25, 0.3) is 11.0 Å². The largest absolute Gasteiger partial charge is 0.379 e. The van der Waals surface area contributed by atoms with Gasteiger partial charge in [0.25, 0.3) is 0 Å². The Balaban J connectivity index is 1.36. The molecular weight excluding hydrogens is 548 g/mol. The van der Waals surface area contributed by atoms with Gasteiger partial charge in [0.1, 0.15) is 0 Å². The summed E-state index contributed by atoms with van der Waals surface area (Å²) in [6.07, 6.45) is 5.61. The van der Waals surface area contributed by atoms with Crippen molar-refractivity contribution in [3.63, 3.8) is 0 Å². The highest BCUT2D eigenvalue weighted by Gasteiger charge is 2.38. The zero-order valence-corrected chi connectivity index (χ0v) is 24.2. The molecule has 3 heterocycles. The number of hydrogen-bond acceptors (Lipinski definition) is 8. The van der Waals surface area contributed by atoms with Crippen molar-refractivity contribution >= 4 is 48.6 Å². The van der Waals surface area contributed by atoms with Gasteiger partial charge in [-0.25, -0.2) is 21.8 Å². The zero-order chi connectivity index (χ0) is 26.9. The maximum Gasteiger partial charge on any atom is 0.243 e. The predicted molar refractivity (Wildman–Crippen MR) is 146 cm³/mol. The molecule has 0 bridgehead atoms. The number of morpholine rings is 1. The average molecular weight is 585 g/mol. The molecule has 1 saturated carbocycles. The molecule has 1 aromatic carbocycles. The highest BCUT2D eigenvalue weighted by Crippen LogP contribution is 2.31. The maximum absolute atomic E-state index is 13.6. The Morgan fingerprint density at radius 3 is 2.53 bits per heavy atom. The molecule has 0 radical (unpaired) electrons. The van der Waals surface area contributed by atoms with Crippen LogP contribution in [0.15, 0.2) is 28.3 Å². The van der Waals surface area contributed by atoms with Crippen molar-refractivity contribution in [1.29, 1.82) is 0 Å². The number of sulfonamides is 1. The van der Waals surface area contributed by atoms with E-state index in [4.69, 9.17) is 9.72 Å². The number of rotatable bonds is 8. The zero-order valence-electron chi connectivity index (χ0n) is 21.7. The number of carbonyl (C=O) groups excluding carboxylic acids is 1. The van der Waals surface area contributed by atoms with Gasteiger partial charge in [0, 0.05) is 31.7 Å². The number of nitrogens with zero attached hydrogens (tertiary/aromatic N) is 4. The summed E-state index contributed by atoms with van der Waals surface area (Å²) in [5.41, 5.74) is 1.39. The van der Waals surface area contributed by atoms with E-state index < -0.39 is 19.9 Å². The number of imidazole rings is 1. The van der Waals surface area contributed by atoms with Crippen molar-refractivity contribution in [2.75, 3.05) is 43.6 Å². The Kier molecular flexibility index (Phi) is 8.39. The van der Waals surface area contributed by atoms with E-state index in [2.05, 4.69) is 0 Å². The van der Waals surface area contributed by atoms with Crippen molar-refractivity contribution in [3.05, 3.63) is 18.2 Å². The summed E-state index contributed by atoms with van der Waals surface area (Å²) in [5.74, 6) is 0.306. The number of sulfone groups is 1. The third-order valence-corrected chi connectivity index (χ3v) is 12.4. The second kappa shape index (κ2) is 11.4. The minimum atomic E-state index is -3.64. The summed E-state index contributed by atoms with van der Waals surface area (Å²) < 4.78 is 59.4. The van der Waals surface area contributed by atoms with Gasteiger partial charge < -0.3 is 14.2 Å². The first-order valence-corrected chi connectivity index (χ1v) is 17.7. The molecule has 13 heteroatoms. The van der Waals surface area contributed by atoms with E-state index in [-0.39, 0.29) is 40.1 Å². The Labute approximate surface area is 229 Å². The fourth-order valence-corrected chi connectivity index (χ4v) is 9.95. The van der Waals surface area contributed by atoms with Crippen molar-refractivity contribution < 1.29 is 26.4 Å². The van der Waals surface area contributed by atoms with Gasteiger partial charge in [-0.15, -0.1) is 0 Å². The molecule has 5 rings (SSSR count). The number of ether oxygens (including phenoxy) is 1. The number of hydrogen-bond donors (Lipinski definition) is 0. The molecule has 1 amide bonds. The van der Waals surface area contributed by atoms with Crippen LogP contribution >= 0.6 is 11.8 Å². The summed E-state index contributed by atoms with van der Waals surface area (Å²) >= 11 is 1.33. The molecule has 0 N–H and O–H groups in total. The summed E-state index contributed by atoms with van der Waals surface area (Å²) in [4.78, 5) is 20.4. The first-order valence-electron chi connectivity index (χ1n) is 13.4. The molecule has 2 aromatic rings. The summed E-state index contributed by atoms with van der Waals surface area (Å²) in [6, 6.07) is 4.84. The van der Waals surface area contributed by atoms with Gasteiger partial charge in [-0.2, -0.15) is 4.31 Å². The van der Waals surface area contributed by atoms with Crippen molar-refractivity contribution in [1.82, 2.24) is 18.8 Å². The molecule has 210 valence electrons. The van der Waals surface area contributed by atoms with Gasteiger partial charge >= 0.3 is 0 Å². The molecule has 2 aliphatic heterocycles. The molecule has 3 aliphatic rings. The van der Waals surface area contributed by atoms with E-state index in [1.165, 1.54) is 16.1 Å². The molecular formula is C25H36N4O6S3. The van der Waals surface area contributed by atoms with Gasteiger partial charge in [-0.05, 0) is 44.4 Å². The number of aryl methyl sites for hydroxylation is 1. The van der Waals surface area contributed by atoms with Gasteiger partial charge in [0.15, 0.2) is 15.0 Å². The highest BCUT2D eigenvalue weighted by atomic mass is 32.2. The molecule has 38 heavy (non-hydrogen) atoms. The fourth-order valence-electron chi connectivity index (χ4n) is 5.86. The van der Waals surface area contributed by atoms with Crippen LogP contribution < -0.4 is 0 Å². The standard InChI is InChI=1S/C25H36N4O6S3/c1-2-28-23-9-8-21(38(33,34)27-11-13-35-14-12-27)16-22(23)26-25(28)36-17-24(30)29(19-6-4-3-5-7-19)20-10-15-37(31,32)18-20/h8-9,16,19-20H,2-7,10-15,17-18H2,1H3/t20-/m0/s1. The third-order valence-electron chi connectivity index (χ3n) is 7.79. The second-order valence-electron chi connectivity index (χ2n) is 10.2. The van der Waals surface area contributed by atoms with Crippen molar-refractivity contribution in [3.8, 4) is 0 Å². The van der Waals surface area contributed by atoms with E-state index in [0.717, 1.165) is 37.6 Å². The maximum atomic E-state index is 13.6. The lowest BCUT2D eigenvalue weighted by Gasteiger charge is -2.38. The summed E-state index contributed by atoms with van der Waals surface area (Å²) in [5, 5.41) is 0.652. The van der Waals surface area contributed by atoms with E-state index in [9.17, 15) is 21.6 Å². The topological polar surface area (TPSA) is 119 Å². The van der Waals surface area contributed by atoms with Crippen LogP contribution in [-0.2, 0) is 35.9 Å². The fraction of sp³-hybridized carbons (Fsp3) is 0.680. The molecule has 1 aliphatic carbocycles. The Bertz CT molecular complexity index is 1380. The normalized spacial score (nSPS) is 23.1. The van der Waals surface area contributed by atoms with Crippen LogP contribution in [-0.4, -0.2) is 97.1 Å². The van der Waals surface area contributed by atoms with Crippen molar-refractivity contribution in [2.45, 2.75) is 74.1 Å². The molecule has 3 fully saturated rings. The summed E-state index contributed by atoms with van der Waals surface area (Å²) in [7, 11) is -6.75. The molecule has 1 atom stereocenters. The van der Waals surface area contributed by atoms with Gasteiger partial charge in [0.2, 0.25) is 15.9 Å². The van der Waals surface area contributed by atoms with Crippen LogP contribution in [0.3, 0.4) is 0 Å². The van der Waals surface area contributed by atoms with E-state index >= 15 is 0 Å². The van der Waals surface area contributed by atoms with Crippen LogP contribution in [0.2, 0.25) is 0 Å². The highest BCUT2D eigenvalue weighted by molar-refractivity contribution is 7.99. The molecule has 2 saturated heterocycles. The second-order valence-corrected chi connectivity index (χ2v) is 15.4. The van der Waals surface area contributed by atoms with Crippen LogP contribution in [0.5, 0.6) is 0 Å². The smallest absolute Gasteiger partial charge is 0.243 e. The van der Waals surface area contributed by atoms with Crippen LogP contribution in [0, 0.1) is 0 Å². The third kappa shape index (κ3) is 5.77. The SMILES string of the molecule is CCn1c(SCC(=O)N(C2CCCCC2)[C@H]2CCS(=O)(=O)C2)nc2cc(S(=O)(=O)N3CCOCC3)ccc21. The Hall–Kier alpha value is -1.67. The first kappa shape index (κ1) is 27.9. The number of carbonyl (C=O) groups is 1. The predicted octanol–water partition coefficient (Wildman–Crippen LogP) is 2.52. The number of amides is 1. The molecule has 10 nitrogen and oxygen atoms in total. The van der Waals surface area contributed by atoms with E-state index in [1.807, 2.05) is 16.4 Å². The molecule has 1 aromatic heterocycles. The summed E-state index contributed by atoms with van der Waals surface area (Å²) in [6.45, 7) is 4.02. The van der Waals surface area contributed by atoms with E-state index in [1.54, 1.807) is 18.2 Å². The van der Waals surface area contributed by atoms with Gasteiger partial charge in [0.05, 0.1) is 46.4 Å². The lowest BCUT2D eigenvalue weighted by atomic mass is 9.93. The molecule has 0 unspecified atom stereocenters. The quantitative estimate of drug-likeness (QED) is 0.435. The number of aromatic nitrogens is 2.